The molecule has 3 aromatic rings. The van der Waals surface area contributed by atoms with Gasteiger partial charge in [-0.15, -0.1) is 0 Å². The number of hydrogen-bond acceptors (Lipinski definition) is 5. The number of likely N-dealkylation sites (tertiary alicyclic amines) is 1. The fourth-order valence-electron chi connectivity index (χ4n) is 5.09. The highest BCUT2D eigenvalue weighted by molar-refractivity contribution is 7.60. The van der Waals surface area contributed by atoms with Gasteiger partial charge in [0.1, 0.15) is 18.7 Å². The van der Waals surface area contributed by atoms with Crippen molar-refractivity contribution in [3.63, 3.8) is 0 Å². The first-order chi connectivity index (χ1) is 19.7. The maximum atomic E-state index is 14.3. The summed E-state index contributed by atoms with van der Waals surface area (Å²) in [7, 11) is -3.09. The Morgan fingerprint density at radius 3 is 1.88 bits per heavy atom. The minimum absolute atomic E-state index is 0.114. The average Bonchev–Trinajstić information content (AvgIpc) is 3.47. The van der Waals surface area contributed by atoms with E-state index in [0.29, 0.717) is 31.7 Å². The molecule has 4 rings (SSSR count). The van der Waals surface area contributed by atoms with Crippen molar-refractivity contribution in [2.24, 2.45) is 0 Å². The first kappa shape index (κ1) is 30.2. The maximum Gasteiger partial charge on any atom is 0.328 e. The topological polar surface area (TPSA) is 105 Å². The molecule has 1 aliphatic heterocycles. The third-order valence-electron chi connectivity index (χ3n) is 7.14. The van der Waals surface area contributed by atoms with Crippen molar-refractivity contribution < 1.29 is 23.7 Å². The second-order valence-electron chi connectivity index (χ2n) is 10.5. The van der Waals surface area contributed by atoms with Crippen LogP contribution in [0.25, 0.3) is 0 Å². The summed E-state index contributed by atoms with van der Waals surface area (Å²) in [5.74, 6) is -1.23. The van der Waals surface area contributed by atoms with Crippen molar-refractivity contribution in [1.29, 1.82) is 0 Å². The van der Waals surface area contributed by atoms with Gasteiger partial charge in [-0.2, -0.15) is 0 Å². The monoisotopic (exact) mass is 575 g/mol. The number of benzene rings is 3. The molecule has 41 heavy (non-hydrogen) atoms. The quantitative estimate of drug-likeness (QED) is 0.236. The number of nitrogens with zero attached hydrogens (tertiary/aromatic N) is 1. The summed E-state index contributed by atoms with van der Waals surface area (Å²) in [5.41, 5.74) is 2.70. The summed E-state index contributed by atoms with van der Waals surface area (Å²) in [6.07, 6.45) is 1.75. The Morgan fingerprint density at radius 2 is 1.34 bits per heavy atom. The fraction of sp³-hybridized carbons (Fsp3) is 0.344. The van der Waals surface area contributed by atoms with E-state index in [1.54, 1.807) is 13.8 Å². The van der Waals surface area contributed by atoms with Crippen LogP contribution in [0.15, 0.2) is 91.0 Å². The minimum Gasteiger partial charge on any atom is -0.459 e. The van der Waals surface area contributed by atoms with Crippen LogP contribution >= 0.6 is 7.29 Å². The van der Waals surface area contributed by atoms with Gasteiger partial charge >= 0.3 is 5.97 Å². The lowest BCUT2D eigenvalue weighted by Gasteiger charge is -2.30. The summed E-state index contributed by atoms with van der Waals surface area (Å²) in [5, 5.41) is 5.89. The zero-order valence-electron chi connectivity index (χ0n) is 23.6. The van der Waals surface area contributed by atoms with Crippen molar-refractivity contribution >= 4 is 25.1 Å². The molecule has 216 valence electrons. The summed E-state index contributed by atoms with van der Waals surface area (Å²) in [4.78, 5) is 40.8. The number of carbonyl (C=O) groups is 3. The van der Waals surface area contributed by atoms with Crippen LogP contribution in [0.4, 0.5) is 0 Å². The van der Waals surface area contributed by atoms with Gasteiger partial charge in [-0.05, 0) is 43.4 Å². The molecule has 9 heteroatoms. The van der Waals surface area contributed by atoms with E-state index in [9.17, 15) is 18.9 Å². The molecule has 3 aromatic carbocycles. The summed E-state index contributed by atoms with van der Waals surface area (Å²) < 4.78 is 19.6. The van der Waals surface area contributed by atoms with Gasteiger partial charge in [0.25, 0.3) is 0 Å². The molecule has 8 nitrogen and oxygen atoms in total. The molecule has 1 heterocycles. The smallest absolute Gasteiger partial charge is 0.328 e. The van der Waals surface area contributed by atoms with Crippen LogP contribution in [-0.4, -0.2) is 47.4 Å². The van der Waals surface area contributed by atoms with E-state index in [1.807, 2.05) is 91.0 Å². The maximum absolute atomic E-state index is 14.3. The first-order valence-electron chi connectivity index (χ1n) is 14.0. The van der Waals surface area contributed by atoms with Gasteiger partial charge in [0.15, 0.2) is 7.29 Å². The molecular weight excluding hydrogens is 537 g/mol. The third-order valence-corrected chi connectivity index (χ3v) is 9.75. The van der Waals surface area contributed by atoms with E-state index >= 15 is 0 Å². The van der Waals surface area contributed by atoms with Crippen molar-refractivity contribution in [3.8, 4) is 0 Å². The molecule has 0 aliphatic carbocycles. The molecule has 0 spiro atoms. The first-order valence-corrected chi connectivity index (χ1v) is 16.1. The zero-order chi connectivity index (χ0) is 29.2. The lowest BCUT2D eigenvalue weighted by Crippen LogP contribution is -2.53. The lowest BCUT2D eigenvalue weighted by atomic mass is 10.1. The number of nitrogens with one attached hydrogen (secondary N) is 2. The van der Waals surface area contributed by atoms with Crippen LogP contribution < -0.4 is 10.4 Å². The standard InChI is InChI=1S/C32H38N3O5P/c1-24(34-41(39,22-27-15-8-4-9-16-27)23-28-17-10-5-11-18-28)31(37)35-20-12-19-29(35)30(36)33-25(2)32(38)40-21-26-13-6-3-7-14-26/h3-11,13-18,24-25,29H,12,19-23H2,1-2H3,(H,33,36)(H,34,39)/t24-,25-,29-/m0/s1. The Bertz CT molecular complexity index is 1310. The lowest BCUT2D eigenvalue weighted by molar-refractivity contribution is -0.149. The number of ether oxygens (including phenoxy) is 1. The van der Waals surface area contributed by atoms with Gasteiger partial charge in [0.2, 0.25) is 11.8 Å². The van der Waals surface area contributed by atoms with E-state index < -0.39 is 37.3 Å². The molecule has 1 fully saturated rings. The Kier molecular flexibility index (Phi) is 10.5. The molecule has 2 amide bonds. The summed E-state index contributed by atoms with van der Waals surface area (Å²) >= 11 is 0. The van der Waals surface area contributed by atoms with E-state index in [4.69, 9.17) is 4.74 Å². The van der Waals surface area contributed by atoms with Crippen LogP contribution in [0.5, 0.6) is 0 Å². The Labute approximate surface area is 241 Å². The van der Waals surface area contributed by atoms with Crippen LogP contribution in [0, 0.1) is 0 Å². The van der Waals surface area contributed by atoms with Gasteiger partial charge in [-0.1, -0.05) is 91.0 Å². The van der Waals surface area contributed by atoms with Crippen LogP contribution in [-0.2, 0) is 42.6 Å². The highest BCUT2D eigenvalue weighted by Gasteiger charge is 2.38. The molecule has 1 saturated heterocycles. The van der Waals surface area contributed by atoms with Gasteiger partial charge in [0, 0.05) is 18.9 Å². The second-order valence-corrected chi connectivity index (χ2v) is 13.2. The normalized spacial score (nSPS) is 16.5. The van der Waals surface area contributed by atoms with Gasteiger partial charge in [-0.25, -0.2) is 4.79 Å². The molecule has 0 radical (unpaired) electrons. The Hall–Kier alpha value is -3.74. The van der Waals surface area contributed by atoms with E-state index in [2.05, 4.69) is 10.4 Å². The molecule has 3 atom stereocenters. The molecule has 0 aromatic heterocycles. The second kappa shape index (κ2) is 14.2. The summed E-state index contributed by atoms with van der Waals surface area (Å²) in [6.45, 7) is 3.79. The molecular formula is C32H38N3O5P. The van der Waals surface area contributed by atoms with Crippen molar-refractivity contribution in [2.45, 2.75) is 63.7 Å². The van der Waals surface area contributed by atoms with E-state index in [0.717, 1.165) is 16.7 Å². The van der Waals surface area contributed by atoms with Crippen molar-refractivity contribution in [2.75, 3.05) is 6.54 Å². The van der Waals surface area contributed by atoms with Crippen LogP contribution in [0.2, 0.25) is 0 Å². The predicted octanol–water partition coefficient (Wildman–Crippen LogP) is 4.88. The number of esters is 1. The van der Waals surface area contributed by atoms with E-state index in [-0.39, 0.29) is 12.5 Å². The average molecular weight is 576 g/mol. The van der Waals surface area contributed by atoms with Crippen molar-refractivity contribution in [1.82, 2.24) is 15.3 Å². The Balaban J connectivity index is 1.38. The van der Waals surface area contributed by atoms with E-state index in [1.165, 1.54) is 4.90 Å². The summed E-state index contributed by atoms with van der Waals surface area (Å²) in [6, 6.07) is 26.1. The van der Waals surface area contributed by atoms with Gasteiger partial charge in [0.05, 0.1) is 6.04 Å². The minimum atomic E-state index is -3.09. The number of amides is 2. The predicted molar refractivity (Wildman–Crippen MR) is 159 cm³/mol. The highest BCUT2D eigenvalue weighted by atomic mass is 31.2. The molecule has 0 bridgehead atoms. The van der Waals surface area contributed by atoms with Crippen molar-refractivity contribution in [3.05, 3.63) is 108 Å². The zero-order valence-corrected chi connectivity index (χ0v) is 24.5. The molecule has 0 saturated carbocycles. The van der Waals surface area contributed by atoms with Gasteiger partial charge < -0.3 is 19.5 Å². The third kappa shape index (κ3) is 8.62. The highest BCUT2D eigenvalue weighted by Crippen LogP contribution is 2.49. The number of carbonyl (C=O) groups excluding carboxylic acids is 3. The van der Waals surface area contributed by atoms with Gasteiger partial charge in [-0.3, -0.25) is 14.7 Å². The largest absolute Gasteiger partial charge is 0.459 e. The molecule has 0 unspecified atom stereocenters. The molecule has 1 aliphatic rings. The Morgan fingerprint density at radius 1 is 0.829 bits per heavy atom. The van der Waals surface area contributed by atoms with Crippen LogP contribution in [0.1, 0.15) is 43.4 Å². The number of rotatable bonds is 12. The van der Waals surface area contributed by atoms with Crippen LogP contribution in [0.3, 0.4) is 0 Å². The fourth-order valence-corrected chi connectivity index (χ4v) is 7.80. The number of hydrogen-bond donors (Lipinski definition) is 2. The molecule has 2 N–H and O–H groups in total. The SMILES string of the molecule is C[C@H](NC(=O)[C@@H]1CCCN1C(=O)[C@H](C)NP(=O)(Cc1ccccc1)Cc1ccccc1)C(=O)OCc1ccccc1.